The first-order valence-electron chi connectivity index (χ1n) is 6.37. The van der Waals surface area contributed by atoms with Crippen molar-refractivity contribution in [3.63, 3.8) is 0 Å². The molecule has 0 radical (unpaired) electrons. The number of aliphatic hydroxyl groups is 1. The van der Waals surface area contributed by atoms with Gasteiger partial charge in [0.2, 0.25) is 0 Å². The van der Waals surface area contributed by atoms with Gasteiger partial charge in [-0.2, -0.15) is 11.8 Å². The number of nitrogens with one attached hydrogen (secondary N) is 1. The predicted octanol–water partition coefficient (Wildman–Crippen LogP) is 2.35. The average Bonchev–Trinajstić information content (AvgIpc) is 2.70. The molecule has 0 saturated heterocycles. The van der Waals surface area contributed by atoms with Crippen molar-refractivity contribution in [3.05, 3.63) is 28.8 Å². The summed E-state index contributed by atoms with van der Waals surface area (Å²) in [6.07, 6.45) is 2.99. The molecule has 2 rings (SSSR count). The van der Waals surface area contributed by atoms with Crippen LogP contribution >= 0.6 is 23.4 Å². The van der Waals surface area contributed by atoms with E-state index in [1.165, 1.54) is 0 Å². The molecule has 3 nitrogen and oxygen atoms in total. The molecule has 0 saturated carbocycles. The number of hydrogen-bond donors (Lipinski definition) is 2. The third kappa shape index (κ3) is 4.28. The van der Waals surface area contributed by atoms with Crippen LogP contribution in [0, 0.1) is 0 Å². The van der Waals surface area contributed by atoms with E-state index in [1.54, 1.807) is 11.8 Å². The molecule has 0 spiro atoms. The van der Waals surface area contributed by atoms with Gasteiger partial charge in [-0.25, -0.2) is 0 Å². The minimum absolute atomic E-state index is 0.124. The molecule has 2 N–H and O–H groups in total. The minimum atomic E-state index is -0.672. The largest absolute Gasteiger partial charge is 0.488 e. The second-order valence-electron chi connectivity index (χ2n) is 5.26. The summed E-state index contributed by atoms with van der Waals surface area (Å²) in [5, 5.41) is 14.1. The van der Waals surface area contributed by atoms with Crippen LogP contribution in [0.5, 0.6) is 5.75 Å². The fourth-order valence-corrected chi connectivity index (χ4v) is 3.19. The molecule has 19 heavy (non-hydrogen) atoms. The normalized spacial score (nSPS) is 20.7. The molecule has 1 heterocycles. The third-order valence-electron chi connectivity index (χ3n) is 3.10. The average molecular weight is 302 g/mol. The standard InChI is InChI=1S/C14H20ClNO2S/c1-14(17,9-19-2)8-16-7-12-6-10-5-11(15)3-4-13(10)18-12/h3-5,12,16-17H,6-9H2,1-2H3. The maximum absolute atomic E-state index is 10.1. The van der Waals surface area contributed by atoms with Crippen LogP contribution in [0.3, 0.4) is 0 Å². The molecule has 5 heteroatoms. The van der Waals surface area contributed by atoms with Gasteiger partial charge in [0.15, 0.2) is 0 Å². The Morgan fingerprint density at radius 1 is 1.58 bits per heavy atom. The Bertz CT molecular complexity index is 439. The molecule has 0 aliphatic carbocycles. The maximum Gasteiger partial charge on any atom is 0.123 e. The minimum Gasteiger partial charge on any atom is -0.488 e. The molecule has 0 amide bonds. The lowest BCUT2D eigenvalue weighted by molar-refractivity contribution is 0.0814. The van der Waals surface area contributed by atoms with E-state index < -0.39 is 5.60 Å². The van der Waals surface area contributed by atoms with E-state index in [2.05, 4.69) is 5.32 Å². The Balaban J connectivity index is 1.78. The van der Waals surface area contributed by atoms with Gasteiger partial charge in [-0.3, -0.25) is 0 Å². The molecule has 1 aliphatic heterocycles. The summed E-state index contributed by atoms with van der Waals surface area (Å²) in [4.78, 5) is 0. The Morgan fingerprint density at radius 3 is 3.11 bits per heavy atom. The smallest absolute Gasteiger partial charge is 0.123 e. The molecule has 106 valence electrons. The van der Waals surface area contributed by atoms with Crippen molar-refractivity contribution in [1.29, 1.82) is 0 Å². The molecule has 0 fully saturated rings. The fourth-order valence-electron chi connectivity index (χ4n) is 2.27. The van der Waals surface area contributed by atoms with Crippen molar-refractivity contribution in [3.8, 4) is 5.75 Å². The van der Waals surface area contributed by atoms with Crippen molar-refractivity contribution < 1.29 is 9.84 Å². The van der Waals surface area contributed by atoms with Crippen molar-refractivity contribution in [1.82, 2.24) is 5.32 Å². The van der Waals surface area contributed by atoms with E-state index in [-0.39, 0.29) is 6.10 Å². The van der Waals surface area contributed by atoms with Crippen LogP contribution in [0.25, 0.3) is 0 Å². The van der Waals surface area contributed by atoms with Gasteiger partial charge in [0, 0.05) is 30.3 Å². The zero-order valence-electron chi connectivity index (χ0n) is 11.3. The summed E-state index contributed by atoms with van der Waals surface area (Å²) >= 11 is 7.61. The van der Waals surface area contributed by atoms with E-state index in [1.807, 2.05) is 31.4 Å². The molecular formula is C14H20ClNO2S. The van der Waals surface area contributed by atoms with Crippen molar-refractivity contribution >= 4 is 23.4 Å². The summed E-state index contributed by atoms with van der Waals surface area (Å²) in [6.45, 7) is 3.15. The van der Waals surface area contributed by atoms with E-state index >= 15 is 0 Å². The highest BCUT2D eigenvalue weighted by atomic mass is 35.5. The summed E-state index contributed by atoms with van der Waals surface area (Å²) in [5.41, 5.74) is 0.490. The summed E-state index contributed by atoms with van der Waals surface area (Å²) < 4.78 is 5.83. The Morgan fingerprint density at radius 2 is 2.37 bits per heavy atom. The van der Waals surface area contributed by atoms with Crippen LogP contribution in [0.1, 0.15) is 12.5 Å². The number of rotatable bonds is 6. The lowest BCUT2D eigenvalue weighted by Gasteiger charge is -2.23. The number of fused-ring (bicyclic) bond motifs is 1. The van der Waals surface area contributed by atoms with Gasteiger partial charge in [0.05, 0.1) is 5.60 Å². The van der Waals surface area contributed by atoms with Crippen molar-refractivity contribution in [2.24, 2.45) is 0 Å². The second kappa shape index (κ2) is 6.35. The quantitative estimate of drug-likeness (QED) is 0.846. The van der Waals surface area contributed by atoms with Crippen LogP contribution < -0.4 is 10.1 Å². The lowest BCUT2D eigenvalue weighted by Crippen LogP contribution is -2.43. The van der Waals surface area contributed by atoms with Crippen molar-refractivity contribution in [2.45, 2.75) is 25.0 Å². The van der Waals surface area contributed by atoms with Crippen LogP contribution in [0.4, 0.5) is 0 Å². The summed E-state index contributed by atoms with van der Waals surface area (Å²) in [7, 11) is 0. The predicted molar refractivity (Wildman–Crippen MR) is 81.4 cm³/mol. The van der Waals surface area contributed by atoms with Gasteiger partial charge in [-0.05, 0) is 36.9 Å². The molecule has 0 bridgehead atoms. The van der Waals surface area contributed by atoms with E-state index in [0.717, 1.165) is 35.1 Å². The fraction of sp³-hybridized carbons (Fsp3) is 0.571. The monoisotopic (exact) mass is 301 g/mol. The highest BCUT2D eigenvalue weighted by Gasteiger charge is 2.24. The zero-order chi connectivity index (χ0) is 13.9. The number of benzene rings is 1. The van der Waals surface area contributed by atoms with E-state index in [4.69, 9.17) is 16.3 Å². The maximum atomic E-state index is 10.1. The summed E-state index contributed by atoms with van der Waals surface area (Å²) in [6, 6.07) is 5.72. The van der Waals surface area contributed by atoms with Crippen LogP contribution in [0.15, 0.2) is 18.2 Å². The zero-order valence-corrected chi connectivity index (χ0v) is 12.9. The molecule has 2 atom stereocenters. The Hall–Kier alpha value is -0.420. The third-order valence-corrected chi connectivity index (χ3v) is 4.24. The molecule has 1 aromatic carbocycles. The number of thioether (sulfide) groups is 1. The number of halogens is 1. The van der Waals surface area contributed by atoms with Gasteiger partial charge < -0.3 is 15.2 Å². The van der Waals surface area contributed by atoms with E-state index in [0.29, 0.717) is 6.54 Å². The van der Waals surface area contributed by atoms with Gasteiger partial charge in [-0.15, -0.1) is 0 Å². The molecule has 1 aromatic rings. The Kier molecular flexibility index (Phi) is 5.01. The van der Waals surface area contributed by atoms with Gasteiger partial charge in [0.25, 0.3) is 0 Å². The van der Waals surface area contributed by atoms with Crippen LogP contribution in [0.2, 0.25) is 5.02 Å². The topological polar surface area (TPSA) is 41.5 Å². The molecule has 1 aliphatic rings. The SMILES string of the molecule is CSCC(C)(O)CNCC1Cc2cc(Cl)ccc2O1. The van der Waals surface area contributed by atoms with Gasteiger partial charge in [-0.1, -0.05) is 11.6 Å². The van der Waals surface area contributed by atoms with E-state index in [9.17, 15) is 5.11 Å². The highest BCUT2D eigenvalue weighted by Crippen LogP contribution is 2.30. The first-order valence-corrected chi connectivity index (χ1v) is 8.14. The summed E-state index contributed by atoms with van der Waals surface area (Å²) in [5.74, 6) is 1.65. The van der Waals surface area contributed by atoms with Crippen LogP contribution in [-0.2, 0) is 6.42 Å². The first-order chi connectivity index (χ1) is 9.00. The second-order valence-corrected chi connectivity index (χ2v) is 6.56. The highest BCUT2D eigenvalue weighted by molar-refractivity contribution is 7.98. The number of ether oxygens (including phenoxy) is 1. The van der Waals surface area contributed by atoms with Crippen LogP contribution in [-0.4, -0.2) is 41.9 Å². The van der Waals surface area contributed by atoms with Gasteiger partial charge >= 0.3 is 0 Å². The van der Waals surface area contributed by atoms with Gasteiger partial charge in [0.1, 0.15) is 11.9 Å². The lowest BCUT2D eigenvalue weighted by atomic mass is 10.1. The Labute approximate surface area is 123 Å². The first kappa shape index (κ1) is 15.0. The molecule has 2 unspecified atom stereocenters. The number of hydrogen-bond acceptors (Lipinski definition) is 4. The molecular weight excluding hydrogens is 282 g/mol. The molecule has 0 aromatic heterocycles. The van der Waals surface area contributed by atoms with Crippen molar-refractivity contribution in [2.75, 3.05) is 25.1 Å².